The topological polar surface area (TPSA) is 87.7 Å². The number of fused-ring (bicyclic) bond motifs is 7. The SMILES string of the molecule is COc1cccc(C(=O)C2C3CCCN3C3(C(=O)Nc4ccc(C)cc43)C23C(=O)Nc2ccccc23)c1. The smallest absolute Gasteiger partial charge is 0.251 e. The number of para-hydroxylation sites is 1. The van der Waals surface area contributed by atoms with E-state index in [-0.39, 0.29) is 23.6 Å². The van der Waals surface area contributed by atoms with Crippen LogP contribution in [0.1, 0.15) is 39.9 Å². The van der Waals surface area contributed by atoms with Gasteiger partial charge in [-0.15, -0.1) is 0 Å². The first-order valence-corrected chi connectivity index (χ1v) is 12.7. The van der Waals surface area contributed by atoms with Crippen LogP contribution in [0.25, 0.3) is 0 Å². The highest BCUT2D eigenvalue weighted by molar-refractivity contribution is 6.21. The average molecular weight is 494 g/mol. The maximum absolute atomic E-state index is 14.6. The molecule has 0 saturated carbocycles. The number of hydrogen-bond donors (Lipinski definition) is 2. The van der Waals surface area contributed by atoms with Crippen LogP contribution >= 0.6 is 0 Å². The minimum Gasteiger partial charge on any atom is -0.497 e. The Labute approximate surface area is 214 Å². The number of benzene rings is 3. The van der Waals surface area contributed by atoms with Crippen molar-refractivity contribution in [1.82, 2.24) is 4.90 Å². The van der Waals surface area contributed by atoms with Crippen molar-refractivity contribution in [2.45, 2.75) is 36.8 Å². The van der Waals surface area contributed by atoms with E-state index in [0.29, 0.717) is 34.8 Å². The number of amides is 2. The number of rotatable bonds is 3. The predicted octanol–water partition coefficient (Wildman–Crippen LogP) is 4.02. The zero-order chi connectivity index (χ0) is 25.5. The number of nitrogens with zero attached hydrogens (tertiary/aromatic N) is 1. The van der Waals surface area contributed by atoms with E-state index in [4.69, 9.17) is 4.74 Å². The van der Waals surface area contributed by atoms with Crippen LogP contribution in [0.3, 0.4) is 0 Å². The molecule has 4 aliphatic rings. The Morgan fingerprint density at radius 2 is 1.73 bits per heavy atom. The molecule has 4 unspecified atom stereocenters. The maximum Gasteiger partial charge on any atom is 0.251 e. The summed E-state index contributed by atoms with van der Waals surface area (Å²) in [6.45, 7) is 2.62. The highest BCUT2D eigenvalue weighted by Crippen LogP contribution is 2.67. The van der Waals surface area contributed by atoms with Gasteiger partial charge in [0.05, 0.1) is 13.0 Å². The molecule has 3 aromatic carbocycles. The first-order valence-electron chi connectivity index (χ1n) is 12.7. The number of hydrogen-bond acceptors (Lipinski definition) is 5. The lowest BCUT2D eigenvalue weighted by atomic mass is 9.57. The Bertz CT molecular complexity index is 1520. The van der Waals surface area contributed by atoms with Crippen LogP contribution < -0.4 is 15.4 Å². The van der Waals surface area contributed by atoms with E-state index in [2.05, 4.69) is 15.5 Å². The molecule has 37 heavy (non-hydrogen) atoms. The van der Waals surface area contributed by atoms with Gasteiger partial charge in [-0.25, -0.2) is 0 Å². The second kappa shape index (κ2) is 7.52. The van der Waals surface area contributed by atoms with Crippen molar-refractivity contribution in [3.8, 4) is 5.75 Å². The fraction of sp³-hybridized carbons (Fsp3) is 0.300. The number of ether oxygens (including phenoxy) is 1. The highest BCUT2D eigenvalue weighted by Gasteiger charge is 2.81. The average Bonchev–Trinajstić information content (AvgIpc) is 3.62. The first-order chi connectivity index (χ1) is 17.9. The summed E-state index contributed by atoms with van der Waals surface area (Å²) in [7, 11) is 1.57. The van der Waals surface area contributed by atoms with Crippen LogP contribution in [0.4, 0.5) is 11.4 Å². The number of ketones is 1. The molecule has 186 valence electrons. The number of aryl methyl sites for hydroxylation is 1. The fourth-order valence-corrected chi connectivity index (χ4v) is 7.65. The molecule has 7 heteroatoms. The van der Waals surface area contributed by atoms with Crippen molar-refractivity contribution in [2.75, 3.05) is 24.3 Å². The van der Waals surface area contributed by atoms with Crippen molar-refractivity contribution in [3.63, 3.8) is 0 Å². The number of carbonyl (C=O) groups excluding carboxylic acids is 3. The zero-order valence-electron chi connectivity index (χ0n) is 20.7. The number of anilines is 2. The van der Waals surface area contributed by atoms with Gasteiger partial charge in [-0.1, -0.05) is 48.0 Å². The lowest BCUT2D eigenvalue weighted by molar-refractivity contribution is -0.137. The Balaban J connectivity index is 1.58. The van der Waals surface area contributed by atoms with Crippen molar-refractivity contribution >= 4 is 29.0 Å². The van der Waals surface area contributed by atoms with Gasteiger partial charge in [-0.3, -0.25) is 19.3 Å². The summed E-state index contributed by atoms with van der Waals surface area (Å²) < 4.78 is 5.41. The van der Waals surface area contributed by atoms with E-state index in [1.54, 1.807) is 31.4 Å². The Morgan fingerprint density at radius 3 is 2.57 bits per heavy atom. The van der Waals surface area contributed by atoms with Gasteiger partial charge in [-0.2, -0.15) is 0 Å². The molecule has 4 atom stereocenters. The van der Waals surface area contributed by atoms with E-state index >= 15 is 0 Å². The molecule has 3 aromatic rings. The summed E-state index contributed by atoms with van der Waals surface area (Å²) in [5.74, 6) is -0.871. The van der Waals surface area contributed by atoms with E-state index in [1.165, 1.54) is 0 Å². The van der Waals surface area contributed by atoms with Crippen LogP contribution in [0.2, 0.25) is 0 Å². The summed E-state index contributed by atoms with van der Waals surface area (Å²) in [5.41, 5.74) is 1.54. The largest absolute Gasteiger partial charge is 0.497 e. The standard InChI is InChI=1S/C30H27N3O4/c1-17-12-13-23-21(15-17)30(28(36)32-23)29(20-9-3-4-10-22(20)31-27(29)35)25(24-11-6-14-33(24)30)26(34)18-7-5-8-19(16-18)37-2/h3-5,7-10,12-13,15-16,24-25H,6,11,14H2,1-2H3,(H,31,35)(H,32,36). The van der Waals surface area contributed by atoms with Crippen LogP contribution in [0, 0.1) is 12.8 Å². The molecule has 4 aliphatic heterocycles. The summed E-state index contributed by atoms with van der Waals surface area (Å²) in [5, 5.41) is 6.17. The number of nitrogens with one attached hydrogen (secondary N) is 2. The molecule has 4 heterocycles. The van der Waals surface area contributed by atoms with Gasteiger partial charge in [-0.05, 0) is 56.1 Å². The van der Waals surface area contributed by atoms with Gasteiger partial charge in [0.15, 0.2) is 5.78 Å². The van der Waals surface area contributed by atoms with Crippen molar-refractivity contribution in [3.05, 3.63) is 89.0 Å². The van der Waals surface area contributed by atoms with E-state index in [9.17, 15) is 14.4 Å². The molecule has 7 nitrogen and oxygen atoms in total. The van der Waals surface area contributed by atoms with Crippen LogP contribution in [0.15, 0.2) is 66.7 Å². The molecule has 2 spiro atoms. The van der Waals surface area contributed by atoms with Gasteiger partial charge in [0.25, 0.3) is 5.91 Å². The summed E-state index contributed by atoms with van der Waals surface area (Å²) in [6, 6.07) is 20.2. The molecule has 0 aliphatic carbocycles. The van der Waals surface area contributed by atoms with E-state index in [1.807, 2.05) is 49.4 Å². The molecular formula is C30H27N3O4. The molecule has 2 N–H and O–H groups in total. The third kappa shape index (κ3) is 2.52. The molecule has 2 amide bonds. The summed E-state index contributed by atoms with van der Waals surface area (Å²) in [4.78, 5) is 45.6. The monoisotopic (exact) mass is 493 g/mol. The lowest BCUT2D eigenvalue weighted by Gasteiger charge is -2.43. The van der Waals surface area contributed by atoms with Gasteiger partial charge in [0.1, 0.15) is 16.7 Å². The number of Topliss-reactive ketones (excluding diaryl/α,β-unsaturated/α-hetero) is 1. The lowest BCUT2D eigenvalue weighted by Crippen LogP contribution is -2.62. The molecule has 2 saturated heterocycles. The van der Waals surface area contributed by atoms with Crippen LogP contribution in [-0.4, -0.2) is 42.2 Å². The van der Waals surface area contributed by atoms with Gasteiger partial charge >= 0.3 is 0 Å². The summed E-state index contributed by atoms with van der Waals surface area (Å²) >= 11 is 0. The van der Waals surface area contributed by atoms with Crippen LogP contribution in [0.5, 0.6) is 5.75 Å². The van der Waals surface area contributed by atoms with Crippen molar-refractivity contribution < 1.29 is 19.1 Å². The Hall–Kier alpha value is -3.97. The second-order valence-electron chi connectivity index (χ2n) is 10.5. The quantitative estimate of drug-likeness (QED) is 0.538. The minimum atomic E-state index is -1.43. The minimum absolute atomic E-state index is 0.145. The molecule has 0 bridgehead atoms. The number of methoxy groups -OCH3 is 1. The Morgan fingerprint density at radius 1 is 0.946 bits per heavy atom. The van der Waals surface area contributed by atoms with Gasteiger partial charge in [0.2, 0.25) is 5.91 Å². The fourth-order valence-electron chi connectivity index (χ4n) is 7.65. The third-order valence-corrected chi connectivity index (χ3v) is 8.89. The maximum atomic E-state index is 14.6. The first kappa shape index (κ1) is 22.2. The molecule has 2 fully saturated rings. The van der Waals surface area contributed by atoms with Crippen molar-refractivity contribution in [1.29, 1.82) is 0 Å². The number of carbonyl (C=O) groups is 3. The van der Waals surface area contributed by atoms with E-state index < -0.39 is 16.9 Å². The molecule has 0 aromatic heterocycles. The van der Waals surface area contributed by atoms with Gasteiger partial charge in [0, 0.05) is 28.5 Å². The van der Waals surface area contributed by atoms with Crippen molar-refractivity contribution in [2.24, 2.45) is 5.92 Å². The van der Waals surface area contributed by atoms with E-state index in [0.717, 1.165) is 24.0 Å². The summed E-state index contributed by atoms with van der Waals surface area (Å²) in [6.07, 6.45) is 1.58. The predicted molar refractivity (Wildman–Crippen MR) is 139 cm³/mol. The van der Waals surface area contributed by atoms with Gasteiger partial charge < -0.3 is 15.4 Å². The zero-order valence-corrected chi connectivity index (χ0v) is 20.7. The molecule has 7 rings (SSSR count). The normalized spacial score (nSPS) is 29.2. The van der Waals surface area contributed by atoms with Crippen LogP contribution in [-0.2, 0) is 20.5 Å². The second-order valence-corrected chi connectivity index (χ2v) is 10.5. The third-order valence-electron chi connectivity index (χ3n) is 8.89. The molecular weight excluding hydrogens is 466 g/mol. The Kier molecular flexibility index (Phi) is 4.52. The molecule has 0 radical (unpaired) electrons. The highest BCUT2D eigenvalue weighted by atomic mass is 16.5.